The van der Waals surface area contributed by atoms with Gasteiger partial charge in [-0.05, 0) is 49.2 Å². The molecule has 27 heavy (non-hydrogen) atoms. The van der Waals surface area contributed by atoms with Crippen LogP contribution >= 0.6 is 11.8 Å². The summed E-state index contributed by atoms with van der Waals surface area (Å²) in [6.07, 6.45) is 4.04. The summed E-state index contributed by atoms with van der Waals surface area (Å²) < 4.78 is 2.02. The lowest BCUT2D eigenvalue weighted by molar-refractivity contribution is 0.0883. The van der Waals surface area contributed by atoms with Gasteiger partial charge in [-0.2, -0.15) is 0 Å². The maximum Gasteiger partial charge on any atom is 0.251 e. The van der Waals surface area contributed by atoms with Crippen LogP contribution in [0.5, 0.6) is 0 Å². The molecule has 0 fully saturated rings. The molecule has 0 saturated carbocycles. The van der Waals surface area contributed by atoms with Gasteiger partial charge in [-0.3, -0.25) is 4.79 Å². The smallest absolute Gasteiger partial charge is 0.251 e. The number of carbonyl (C=O) groups excluding carboxylic acids is 1. The lowest BCUT2D eigenvalue weighted by Crippen LogP contribution is -2.55. The van der Waals surface area contributed by atoms with E-state index in [9.17, 15) is 4.79 Å². The second kappa shape index (κ2) is 8.15. The standard InChI is InChI=1S/C21H26N4OS/c1-15(2)21(3,14-22)24-20(26)16-7-9-18(10-8-16)27-13-17-12-25-11-5-4-6-19(25)23-17/h4-12,15H,13-14,22H2,1-3H3,(H,24,26). The van der Waals surface area contributed by atoms with Crippen LogP contribution < -0.4 is 11.1 Å². The number of hydrogen-bond acceptors (Lipinski definition) is 4. The van der Waals surface area contributed by atoms with Gasteiger partial charge in [-0.25, -0.2) is 4.98 Å². The molecule has 1 amide bonds. The van der Waals surface area contributed by atoms with E-state index >= 15 is 0 Å². The quantitative estimate of drug-likeness (QED) is 0.611. The van der Waals surface area contributed by atoms with E-state index in [0.29, 0.717) is 12.1 Å². The molecule has 5 nitrogen and oxygen atoms in total. The number of imidazole rings is 1. The first-order valence-electron chi connectivity index (χ1n) is 9.09. The summed E-state index contributed by atoms with van der Waals surface area (Å²) in [7, 11) is 0. The van der Waals surface area contributed by atoms with E-state index in [1.54, 1.807) is 11.8 Å². The molecule has 1 unspecified atom stereocenters. The number of nitrogens with zero attached hydrogens (tertiary/aromatic N) is 2. The van der Waals surface area contributed by atoms with E-state index in [1.165, 1.54) is 0 Å². The predicted molar refractivity (Wildman–Crippen MR) is 111 cm³/mol. The fourth-order valence-electron chi connectivity index (χ4n) is 2.68. The zero-order chi connectivity index (χ0) is 19.4. The van der Waals surface area contributed by atoms with Crippen molar-refractivity contribution in [3.05, 3.63) is 66.1 Å². The Balaban J connectivity index is 1.62. The van der Waals surface area contributed by atoms with Crippen molar-refractivity contribution in [3.8, 4) is 0 Å². The molecule has 1 atom stereocenters. The SMILES string of the molecule is CC(C)C(C)(CN)NC(=O)c1ccc(SCc2cn3ccccc3n2)cc1. The largest absolute Gasteiger partial charge is 0.345 e. The van der Waals surface area contributed by atoms with E-state index in [2.05, 4.69) is 24.1 Å². The number of hydrogen-bond donors (Lipinski definition) is 2. The third kappa shape index (κ3) is 4.51. The van der Waals surface area contributed by atoms with Crippen LogP contribution in [0.1, 0.15) is 36.8 Å². The highest BCUT2D eigenvalue weighted by atomic mass is 32.2. The number of thioether (sulfide) groups is 1. The summed E-state index contributed by atoms with van der Waals surface area (Å²) in [6.45, 7) is 6.51. The Kier molecular flexibility index (Phi) is 5.87. The molecule has 3 rings (SSSR count). The zero-order valence-electron chi connectivity index (χ0n) is 16.0. The summed E-state index contributed by atoms with van der Waals surface area (Å²) in [6, 6.07) is 13.6. The number of aromatic nitrogens is 2. The van der Waals surface area contributed by atoms with Crippen LogP contribution in [-0.2, 0) is 5.75 Å². The van der Waals surface area contributed by atoms with Crippen LogP contribution in [0.3, 0.4) is 0 Å². The molecule has 2 heterocycles. The summed E-state index contributed by atoms with van der Waals surface area (Å²) in [5.41, 5.74) is 8.08. The molecule has 2 aromatic heterocycles. The molecule has 0 saturated heterocycles. The minimum Gasteiger partial charge on any atom is -0.345 e. The molecule has 142 valence electrons. The summed E-state index contributed by atoms with van der Waals surface area (Å²) in [4.78, 5) is 18.2. The summed E-state index contributed by atoms with van der Waals surface area (Å²) >= 11 is 1.70. The molecule has 1 aromatic carbocycles. The van der Waals surface area contributed by atoms with Gasteiger partial charge in [0.25, 0.3) is 5.91 Å². The molecule has 0 radical (unpaired) electrons. The second-order valence-corrected chi connectivity index (χ2v) is 8.29. The van der Waals surface area contributed by atoms with E-state index in [0.717, 1.165) is 22.0 Å². The van der Waals surface area contributed by atoms with Gasteiger partial charge >= 0.3 is 0 Å². The highest BCUT2D eigenvalue weighted by molar-refractivity contribution is 7.98. The maximum absolute atomic E-state index is 12.5. The average Bonchev–Trinajstić information content (AvgIpc) is 3.09. The van der Waals surface area contributed by atoms with Crippen molar-refractivity contribution < 1.29 is 4.79 Å². The fourth-order valence-corrected chi connectivity index (χ4v) is 3.46. The Morgan fingerprint density at radius 3 is 2.63 bits per heavy atom. The van der Waals surface area contributed by atoms with Gasteiger partial charge in [0.1, 0.15) is 5.65 Å². The number of benzene rings is 1. The van der Waals surface area contributed by atoms with Crippen LogP contribution in [0.4, 0.5) is 0 Å². The van der Waals surface area contributed by atoms with Gasteiger partial charge in [-0.1, -0.05) is 19.9 Å². The van der Waals surface area contributed by atoms with E-state index in [4.69, 9.17) is 5.73 Å². The molecule has 6 heteroatoms. The van der Waals surface area contributed by atoms with Crippen molar-refractivity contribution in [1.29, 1.82) is 0 Å². The van der Waals surface area contributed by atoms with Gasteiger partial charge in [0.05, 0.1) is 11.2 Å². The number of pyridine rings is 1. The normalized spacial score (nSPS) is 13.7. The van der Waals surface area contributed by atoms with Crippen LogP contribution in [0.25, 0.3) is 5.65 Å². The molecule has 0 spiro atoms. The monoisotopic (exact) mass is 382 g/mol. The molecule has 0 aliphatic rings. The minimum atomic E-state index is -0.409. The number of fused-ring (bicyclic) bond motifs is 1. The number of carbonyl (C=O) groups is 1. The number of rotatable bonds is 7. The molecule has 3 aromatic rings. The first kappa shape index (κ1) is 19.5. The zero-order valence-corrected chi connectivity index (χ0v) is 16.8. The lowest BCUT2D eigenvalue weighted by Gasteiger charge is -2.33. The van der Waals surface area contributed by atoms with E-state index in [1.807, 2.05) is 66.2 Å². The first-order chi connectivity index (χ1) is 12.9. The fraction of sp³-hybridized carbons (Fsp3) is 0.333. The van der Waals surface area contributed by atoms with Gasteiger partial charge in [0.15, 0.2) is 0 Å². The van der Waals surface area contributed by atoms with Crippen molar-refractivity contribution in [3.63, 3.8) is 0 Å². The number of nitrogens with one attached hydrogen (secondary N) is 1. The molecular formula is C21H26N4OS. The summed E-state index contributed by atoms with van der Waals surface area (Å²) in [5, 5.41) is 3.07. The van der Waals surface area contributed by atoms with Crippen LogP contribution in [-0.4, -0.2) is 27.4 Å². The highest BCUT2D eigenvalue weighted by Gasteiger charge is 2.28. The van der Waals surface area contributed by atoms with Gasteiger partial charge in [0, 0.05) is 35.2 Å². The topological polar surface area (TPSA) is 72.4 Å². The Hall–Kier alpha value is -2.31. The Morgan fingerprint density at radius 2 is 2.00 bits per heavy atom. The minimum absolute atomic E-state index is 0.0893. The van der Waals surface area contributed by atoms with Crippen LogP contribution in [0.15, 0.2) is 59.8 Å². The molecular weight excluding hydrogens is 356 g/mol. The van der Waals surface area contributed by atoms with E-state index < -0.39 is 5.54 Å². The van der Waals surface area contributed by atoms with Crippen LogP contribution in [0.2, 0.25) is 0 Å². The van der Waals surface area contributed by atoms with Crippen molar-refractivity contribution >= 4 is 23.3 Å². The lowest BCUT2D eigenvalue weighted by atomic mass is 9.88. The third-order valence-corrected chi connectivity index (χ3v) is 6.06. The van der Waals surface area contributed by atoms with Crippen molar-refractivity contribution in [2.45, 2.75) is 37.0 Å². The Morgan fingerprint density at radius 1 is 1.26 bits per heavy atom. The van der Waals surface area contributed by atoms with Crippen molar-refractivity contribution in [1.82, 2.24) is 14.7 Å². The maximum atomic E-state index is 12.5. The third-order valence-electron chi connectivity index (χ3n) is 5.01. The molecule has 0 bridgehead atoms. The Bertz CT molecular complexity index is 886. The van der Waals surface area contributed by atoms with Crippen molar-refractivity contribution in [2.24, 2.45) is 11.7 Å². The molecule has 3 N–H and O–H groups in total. The van der Waals surface area contributed by atoms with Gasteiger partial charge in [-0.15, -0.1) is 11.8 Å². The molecule has 0 aliphatic heterocycles. The second-order valence-electron chi connectivity index (χ2n) is 7.24. The number of amides is 1. The average molecular weight is 383 g/mol. The number of nitrogens with two attached hydrogens (primary N) is 1. The van der Waals surface area contributed by atoms with Crippen LogP contribution in [0, 0.1) is 5.92 Å². The summed E-state index contributed by atoms with van der Waals surface area (Å²) in [5.74, 6) is 0.950. The highest BCUT2D eigenvalue weighted by Crippen LogP contribution is 2.23. The van der Waals surface area contributed by atoms with Gasteiger partial charge in [0.2, 0.25) is 0 Å². The Labute approximate surface area is 164 Å². The van der Waals surface area contributed by atoms with E-state index in [-0.39, 0.29) is 11.8 Å². The first-order valence-corrected chi connectivity index (χ1v) is 10.1. The predicted octanol–water partition coefficient (Wildman–Crippen LogP) is 3.73. The van der Waals surface area contributed by atoms with Gasteiger partial charge < -0.3 is 15.5 Å². The van der Waals surface area contributed by atoms with Crippen molar-refractivity contribution in [2.75, 3.05) is 6.54 Å². The molecule has 0 aliphatic carbocycles.